The number of hydrogen-bond donors (Lipinski definition) is 2. The average molecular weight is 306 g/mol. The van der Waals surface area contributed by atoms with E-state index in [1.807, 2.05) is 6.92 Å². The van der Waals surface area contributed by atoms with E-state index in [1.54, 1.807) is 12.4 Å². The molecule has 1 amide bonds. The maximum atomic E-state index is 12.4. The molecule has 0 aliphatic rings. The van der Waals surface area contributed by atoms with Crippen LogP contribution >= 0.6 is 0 Å². The molecule has 0 bridgehead atoms. The van der Waals surface area contributed by atoms with Gasteiger partial charge >= 0.3 is 0 Å². The monoisotopic (exact) mass is 306 g/mol. The van der Waals surface area contributed by atoms with Gasteiger partial charge in [-0.1, -0.05) is 26.2 Å². The first-order valence-electron chi connectivity index (χ1n) is 8.14. The van der Waals surface area contributed by atoms with Gasteiger partial charge in [0.1, 0.15) is 0 Å². The van der Waals surface area contributed by atoms with Gasteiger partial charge in [0, 0.05) is 11.7 Å². The van der Waals surface area contributed by atoms with Crippen molar-refractivity contribution in [3.05, 3.63) is 23.8 Å². The van der Waals surface area contributed by atoms with E-state index in [4.69, 9.17) is 0 Å². The molecule has 0 aliphatic heterocycles. The Balaban J connectivity index is 2.55. The molecule has 1 heterocycles. The van der Waals surface area contributed by atoms with Crippen LogP contribution in [0, 0.1) is 6.92 Å². The smallest absolute Gasteiger partial charge is 0.237 e. The van der Waals surface area contributed by atoms with Crippen LogP contribution < -0.4 is 10.6 Å². The molecular weight excluding hydrogens is 276 g/mol. The van der Waals surface area contributed by atoms with E-state index in [-0.39, 0.29) is 17.5 Å². The lowest BCUT2D eigenvalue weighted by Gasteiger charge is -2.28. The zero-order valence-corrected chi connectivity index (χ0v) is 14.6. The third kappa shape index (κ3) is 7.50. The first-order valence-corrected chi connectivity index (χ1v) is 8.14. The first kappa shape index (κ1) is 18.6. The molecule has 2 N–H and O–H groups in total. The van der Waals surface area contributed by atoms with Crippen LogP contribution in [0.1, 0.15) is 64.8 Å². The molecule has 0 radical (unpaired) electrons. The molecule has 5 heteroatoms. The third-order valence-corrected chi connectivity index (χ3v) is 3.30. The summed E-state index contributed by atoms with van der Waals surface area (Å²) in [6.07, 6.45) is 7.65. The van der Waals surface area contributed by atoms with Gasteiger partial charge in [-0.25, -0.2) is 0 Å². The van der Waals surface area contributed by atoms with E-state index in [2.05, 4.69) is 48.3 Å². The molecule has 1 rings (SSSR count). The first-order chi connectivity index (χ1) is 10.3. The fraction of sp³-hybridized carbons (Fsp3) is 0.706. The second kappa shape index (κ2) is 8.83. The molecule has 1 aromatic rings. The quantitative estimate of drug-likeness (QED) is 0.725. The normalized spacial score (nSPS) is 13.0. The molecule has 1 unspecified atom stereocenters. The van der Waals surface area contributed by atoms with Crippen molar-refractivity contribution in [3.8, 4) is 0 Å². The van der Waals surface area contributed by atoms with E-state index in [0.717, 1.165) is 37.1 Å². The highest BCUT2D eigenvalue weighted by Crippen LogP contribution is 2.09. The van der Waals surface area contributed by atoms with Crippen LogP contribution in [0.5, 0.6) is 0 Å². The van der Waals surface area contributed by atoms with Gasteiger partial charge in [0.15, 0.2) is 0 Å². The Morgan fingerprint density at radius 1 is 1.23 bits per heavy atom. The van der Waals surface area contributed by atoms with Gasteiger partial charge < -0.3 is 10.6 Å². The molecule has 0 aliphatic carbocycles. The number of nitrogens with zero attached hydrogens (tertiary/aromatic N) is 2. The number of aromatic nitrogens is 2. The lowest BCUT2D eigenvalue weighted by atomic mass is 10.0. The SMILES string of the molecule is CCCCCC(NC(C)(C)C)C(=O)NCc1cnc(C)cn1. The van der Waals surface area contributed by atoms with E-state index >= 15 is 0 Å². The zero-order valence-electron chi connectivity index (χ0n) is 14.6. The Morgan fingerprint density at radius 3 is 2.50 bits per heavy atom. The van der Waals surface area contributed by atoms with Crippen LogP contribution in [0.15, 0.2) is 12.4 Å². The maximum absolute atomic E-state index is 12.4. The van der Waals surface area contributed by atoms with E-state index < -0.39 is 0 Å². The number of carbonyl (C=O) groups is 1. The summed E-state index contributed by atoms with van der Waals surface area (Å²) in [5, 5.41) is 6.38. The minimum atomic E-state index is -0.162. The van der Waals surface area contributed by atoms with Gasteiger partial charge in [0.2, 0.25) is 5.91 Å². The molecule has 1 aromatic heterocycles. The van der Waals surface area contributed by atoms with E-state index in [9.17, 15) is 4.79 Å². The van der Waals surface area contributed by atoms with Gasteiger partial charge in [-0.3, -0.25) is 14.8 Å². The Labute approximate surface area is 134 Å². The highest BCUT2D eigenvalue weighted by atomic mass is 16.2. The predicted octanol–water partition coefficient (Wildman–Crippen LogP) is 2.74. The van der Waals surface area contributed by atoms with Crippen LogP contribution in [0.3, 0.4) is 0 Å². The summed E-state index contributed by atoms with van der Waals surface area (Å²) in [4.78, 5) is 20.9. The van der Waals surface area contributed by atoms with Crippen LogP contribution in [-0.4, -0.2) is 27.5 Å². The van der Waals surface area contributed by atoms with Gasteiger partial charge in [-0.15, -0.1) is 0 Å². The molecule has 1 atom stereocenters. The lowest BCUT2D eigenvalue weighted by molar-refractivity contribution is -0.124. The average Bonchev–Trinajstić information content (AvgIpc) is 2.44. The fourth-order valence-corrected chi connectivity index (χ4v) is 2.20. The number of unbranched alkanes of at least 4 members (excludes halogenated alkanes) is 2. The summed E-state index contributed by atoms with van der Waals surface area (Å²) in [5.41, 5.74) is 1.57. The summed E-state index contributed by atoms with van der Waals surface area (Å²) >= 11 is 0. The Kier molecular flexibility index (Phi) is 7.45. The van der Waals surface area contributed by atoms with Crippen molar-refractivity contribution in [3.63, 3.8) is 0 Å². The second-order valence-corrected chi connectivity index (χ2v) is 6.81. The topological polar surface area (TPSA) is 66.9 Å². The van der Waals surface area contributed by atoms with Gasteiger partial charge in [0.05, 0.1) is 30.2 Å². The number of amides is 1. The van der Waals surface area contributed by atoms with Crippen molar-refractivity contribution in [2.75, 3.05) is 0 Å². The van der Waals surface area contributed by atoms with E-state index in [1.165, 1.54) is 0 Å². The van der Waals surface area contributed by atoms with Crippen molar-refractivity contribution >= 4 is 5.91 Å². The fourth-order valence-electron chi connectivity index (χ4n) is 2.20. The molecule has 0 saturated heterocycles. The van der Waals surface area contributed by atoms with Crippen molar-refractivity contribution in [1.82, 2.24) is 20.6 Å². The largest absolute Gasteiger partial charge is 0.349 e. The standard InChI is InChI=1S/C17H30N4O/c1-6-7-8-9-15(21-17(3,4)5)16(22)20-12-14-11-18-13(2)10-19-14/h10-11,15,21H,6-9,12H2,1-5H3,(H,20,22). The van der Waals surface area contributed by atoms with Crippen LogP contribution in [0.2, 0.25) is 0 Å². The molecule has 22 heavy (non-hydrogen) atoms. The molecule has 5 nitrogen and oxygen atoms in total. The minimum Gasteiger partial charge on any atom is -0.349 e. The van der Waals surface area contributed by atoms with Gasteiger partial charge in [-0.2, -0.15) is 0 Å². The minimum absolute atomic E-state index is 0.0356. The summed E-state index contributed by atoms with van der Waals surface area (Å²) in [7, 11) is 0. The summed E-state index contributed by atoms with van der Waals surface area (Å²) in [6, 6.07) is -0.162. The third-order valence-electron chi connectivity index (χ3n) is 3.30. The Hall–Kier alpha value is -1.49. The molecule has 0 spiro atoms. The molecule has 0 fully saturated rings. The Morgan fingerprint density at radius 2 is 1.95 bits per heavy atom. The molecular formula is C17H30N4O. The van der Waals surface area contributed by atoms with Crippen LogP contribution in [0.25, 0.3) is 0 Å². The summed E-state index contributed by atoms with van der Waals surface area (Å²) in [6.45, 7) is 10.7. The highest BCUT2D eigenvalue weighted by molar-refractivity contribution is 5.81. The number of hydrogen-bond acceptors (Lipinski definition) is 4. The van der Waals surface area contributed by atoms with Crippen LogP contribution in [0.4, 0.5) is 0 Å². The number of rotatable bonds is 8. The Bertz CT molecular complexity index is 451. The molecule has 0 saturated carbocycles. The van der Waals surface area contributed by atoms with Gasteiger partial charge in [0.25, 0.3) is 0 Å². The summed E-state index contributed by atoms with van der Waals surface area (Å²) < 4.78 is 0. The number of nitrogens with one attached hydrogen (secondary N) is 2. The van der Waals surface area contributed by atoms with Crippen molar-refractivity contribution in [2.24, 2.45) is 0 Å². The van der Waals surface area contributed by atoms with Crippen molar-refractivity contribution < 1.29 is 4.79 Å². The second-order valence-electron chi connectivity index (χ2n) is 6.81. The predicted molar refractivity (Wildman–Crippen MR) is 89.4 cm³/mol. The lowest BCUT2D eigenvalue weighted by Crippen LogP contribution is -2.51. The number of aryl methyl sites for hydroxylation is 1. The summed E-state index contributed by atoms with van der Waals surface area (Å²) in [5.74, 6) is 0.0356. The van der Waals surface area contributed by atoms with Crippen molar-refractivity contribution in [2.45, 2.75) is 78.4 Å². The maximum Gasteiger partial charge on any atom is 0.237 e. The van der Waals surface area contributed by atoms with Gasteiger partial charge in [-0.05, 0) is 34.1 Å². The van der Waals surface area contributed by atoms with Crippen LogP contribution in [-0.2, 0) is 11.3 Å². The van der Waals surface area contributed by atoms with E-state index in [0.29, 0.717) is 6.54 Å². The number of carbonyl (C=O) groups excluding carboxylic acids is 1. The van der Waals surface area contributed by atoms with Crippen molar-refractivity contribution in [1.29, 1.82) is 0 Å². The molecule has 124 valence electrons. The molecule has 0 aromatic carbocycles. The zero-order chi connectivity index (χ0) is 16.6. The highest BCUT2D eigenvalue weighted by Gasteiger charge is 2.23.